The highest BCUT2D eigenvalue weighted by atomic mass is 15.3. The zero-order valence-electron chi connectivity index (χ0n) is 7.09. The standard InChI is InChI=1S/C9H10N4/c10-9-11-7-13(12-9)6-8-4-2-1-3-5-8/h1-5,7H,6H2,(H2,10,12). The summed E-state index contributed by atoms with van der Waals surface area (Å²) in [5.74, 6) is 0.316. The number of aromatic nitrogens is 3. The lowest BCUT2D eigenvalue weighted by atomic mass is 10.2. The molecule has 0 atom stereocenters. The molecule has 0 saturated carbocycles. The Bertz CT molecular complexity index is 380. The van der Waals surface area contributed by atoms with Gasteiger partial charge in [0.2, 0.25) is 5.95 Å². The summed E-state index contributed by atoms with van der Waals surface area (Å²) in [5.41, 5.74) is 6.58. The molecular weight excluding hydrogens is 164 g/mol. The van der Waals surface area contributed by atoms with Crippen molar-refractivity contribution in [1.82, 2.24) is 14.8 Å². The van der Waals surface area contributed by atoms with E-state index in [0.717, 1.165) is 0 Å². The molecule has 0 unspecified atom stereocenters. The maximum atomic E-state index is 5.39. The molecule has 0 spiro atoms. The van der Waals surface area contributed by atoms with E-state index in [0.29, 0.717) is 12.5 Å². The highest BCUT2D eigenvalue weighted by Crippen LogP contribution is 2.01. The van der Waals surface area contributed by atoms with E-state index in [-0.39, 0.29) is 0 Å². The molecule has 0 aliphatic carbocycles. The molecule has 0 saturated heterocycles. The third-order valence-corrected chi connectivity index (χ3v) is 1.74. The number of hydrogen-bond donors (Lipinski definition) is 1. The van der Waals surface area contributed by atoms with Crippen molar-refractivity contribution < 1.29 is 0 Å². The fourth-order valence-corrected chi connectivity index (χ4v) is 1.16. The number of hydrogen-bond acceptors (Lipinski definition) is 3. The molecule has 0 aliphatic heterocycles. The van der Waals surface area contributed by atoms with Crippen LogP contribution in [0.3, 0.4) is 0 Å². The zero-order chi connectivity index (χ0) is 9.10. The molecule has 4 heteroatoms. The Balaban J connectivity index is 2.15. The SMILES string of the molecule is Nc1ncn(Cc2ccccc2)n1. The number of benzene rings is 1. The summed E-state index contributed by atoms with van der Waals surface area (Å²) in [7, 11) is 0. The second-order valence-electron chi connectivity index (χ2n) is 2.79. The van der Waals surface area contributed by atoms with Crippen LogP contribution in [0.2, 0.25) is 0 Å². The highest BCUT2D eigenvalue weighted by molar-refractivity contribution is 5.16. The van der Waals surface area contributed by atoms with Gasteiger partial charge in [0, 0.05) is 0 Å². The van der Waals surface area contributed by atoms with Gasteiger partial charge in [0.15, 0.2) is 0 Å². The van der Waals surface area contributed by atoms with Crippen LogP contribution < -0.4 is 5.73 Å². The predicted molar refractivity (Wildman–Crippen MR) is 50.0 cm³/mol. The van der Waals surface area contributed by atoms with Crippen LogP contribution in [0.1, 0.15) is 5.56 Å². The van der Waals surface area contributed by atoms with Crippen molar-refractivity contribution in [2.24, 2.45) is 0 Å². The van der Waals surface area contributed by atoms with Crippen molar-refractivity contribution in [3.63, 3.8) is 0 Å². The summed E-state index contributed by atoms with van der Waals surface area (Å²) in [4.78, 5) is 3.84. The van der Waals surface area contributed by atoms with Crippen molar-refractivity contribution in [1.29, 1.82) is 0 Å². The third kappa shape index (κ3) is 1.84. The third-order valence-electron chi connectivity index (χ3n) is 1.74. The van der Waals surface area contributed by atoms with E-state index in [1.165, 1.54) is 5.56 Å². The first-order valence-electron chi connectivity index (χ1n) is 4.03. The van der Waals surface area contributed by atoms with Crippen molar-refractivity contribution in [3.05, 3.63) is 42.2 Å². The van der Waals surface area contributed by atoms with E-state index in [1.54, 1.807) is 11.0 Å². The molecule has 1 aromatic carbocycles. The lowest BCUT2D eigenvalue weighted by Gasteiger charge is -1.98. The van der Waals surface area contributed by atoms with E-state index in [4.69, 9.17) is 5.73 Å². The molecule has 2 rings (SSSR count). The molecule has 0 radical (unpaired) electrons. The minimum Gasteiger partial charge on any atom is -0.367 e. The van der Waals surface area contributed by atoms with Gasteiger partial charge in [-0.05, 0) is 5.56 Å². The minimum atomic E-state index is 0.316. The van der Waals surface area contributed by atoms with E-state index < -0.39 is 0 Å². The Morgan fingerprint density at radius 1 is 1.23 bits per heavy atom. The van der Waals surface area contributed by atoms with Gasteiger partial charge in [-0.25, -0.2) is 9.67 Å². The van der Waals surface area contributed by atoms with Crippen LogP contribution in [0.25, 0.3) is 0 Å². The van der Waals surface area contributed by atoms with E-state index in [9.17, 15) is 0 Å². The Labute approximate surface area is 76.0 Å². The van der Waals surface area contributed by atoms with E-state index in [1.807, 2.05) is 30.3 Å². The first-order chi connectivity index (χ1) is 6.34. The first-order valence-corrected chi connectivity index (χ1v) is 4.03. The molecule has 0 aliphatic rings. The molecular formula is C9H10N4. The van der Waals surface area contributed by atoms with Gasteiger partial charge in [-0.3, -0.25) is 0 Å². The van der Waals surface area contributed by atoms with Crippen LogP contribution in [0.5, 0.6) is 0 Å². The van der Waals surface area contributed by atoms with Gasteiger partial charge in [0.05, 0.1) is 6.54 Å². The highest BCUT2D eigenvalue weighted by Gasteiger charge is 1.96. The normalized spacial score (nSPS) is 10.2. The number of anilines is 1. The molecule has 1 aromatic heterocycles. The summed E-state index contributed by atoms with van der Waals surface area (Å²) in [6, 6.07) is 10.1. The average molecular weight is 174 g/mol. The smallest absolute Gasteiger partial charge is 0.239 e. The van der Waals surface area contributed by atoms with Gasteiger partial charge in [-0.1, -0.05) is 30.3 Å². The molecule has 0 amide bonds. The van der Waals surface area contributed by atoms with Crippen LogP contribution in [0.4, 0.5) is 5.95 Å². The van der Waals surface area contributed by atoms with Gasteiger partial charge in [0.25, 0.3) is 0 Å². The van der Waals surface area contributed by atoms with E-state index >= 15 is 0 Å². The van der Waals surface area contributed by atoms with Crippen LogP contribution >= 0.6 is 0 Å². The second kappa shape index (κ2) is 3.26. The lowest BCUT2D eigenvalue weighted by molar-refractivity contribution is 0.687. The fraction of sp³-hybridized carbons (Fsp3) is 0.111. The monoisotopic (exact) mass is 174 g/mol. The summed E-state index contributed by atoms with van der Waals surface area (Å²) in [6.07, 6.45) is 1.63. The van der Waals surface area contributed by atoms with Gasteiger partial charge in [-0.15, -0.1) is 5.10 Å². The minimum absolute atomic E-state index is 0.316. The zero-order valence-corrected chi connectivity index (χ0v) is 7.09. The second-order valence-corrected chi connectivity index (χ2v) is 2.79. The topological polar surface area (TPSA) is 56.7 Å². The Kier molecular flexibility index (Phi) is 1.96. The molecule has 13 heavy (non-hydrogen) atoms. The summed E-state index contributed by atoms with van der Waals surface area (Å²) >= 11 is 0. The number of rotatable bonds is 2. The lowest BCUT2D eigenvalue weighted by Crippen LogP contribution is -2.00. The molecule has 4 nitrogen and oxygen atoms in total. The van der Waals surface area contributed by atoms with Crippen LogP contribution in [0, 0.1) is 0 Å². The van der Waals surface area contributed by atoms with E-state index in [2.05, 4.69) is 10.1 Å². The molecule has 2 N–H and O–H groups in total. The summed E-state index contributed by atoms with van der Waals surface area (Å²) < 4.78 is 1.71. The molecule has 1 heterocycles. The molecule has 0 fully saturated rings. The Hall–Kier alpha value is -1.84. The van der Waals surface area contributed by atoms with Crippen molar-refractivity contribution in [2.75, 3.05) is 5.73 Å². The Morgan fingerprint density at radius 3 is 2.62 bits per heavy atom. The van der Waals surface area contributed by atoms with Crippen LogP contribution in [-0.4, -0.2) is 14.8 Å². The van der Waals surface area contributed by atoms with Crippen molar-refractivity contribution in [2.45, 2.75) is 6.54 Å². The van der Waals surface area contributed by atoms with Crippen LogP contribution in [-0.2, 0) is 6.54 Å². The fourth-order valence-electron chi connectivity index (χ4n) is 1.16. The van der Waals surface area contributed by atoms with Crippen molar-refractivity contribution in [3.8, 4) is 0 Å². The van der Waals surface area contributed by atoms with Gasteiger partial charge < -0.3 is 5.73 Å². The van der Waals surface area contributed by atoms with Gasteiger partial charge >= 0.3 is 0 Å². The largest absolute Gasteiger partial charge is 0.367 e. The molecule has 2 aromatic rings. The predicted octanol–water partition coefficient (Wildman–Crippen LogP) is 0.909. The van der Waals surface area contributed by atoms with Gasteiger partial charge in [0.1, 0.15) is 6.33 Å². The first kappa shape index (κ1) is 7.79. The van der Waals surface area contributed by atoms with Crippen molar-refractivity contribution >= 4 is 5.95 Å². The number of nitrogens with two attached hydrogens (primary N) is 1. The quantitative estimate of drug-likeness (QED) is 0.736. The molecule has 0 bridgehead atoms. The van der Waals surface area contributed by atoms with Crippen LogP contribution in [0.15, 0.2) is 36.7 Å². The average Bonchev–Trinajstić information content (AvgIpc) is 2.53. The maximum absolute atomic E-state index is 5.39. The number of nitrogen functional groups attached to an aromatic ring is 1. The summed E-state index contributed by atoms with van der Waals surface area (Å²) in [6.45, 7) is 0.713. The molecule has 66 valence electrons. The van der Waals surface area contributed by atoms with Gasteiger partial charge in [-0.2, -0.15) is 0 Å². The maximum Gasteiger partial charge on any atom is 0.239 e. The number of nitrogens with zero attached hydrogens (tertiary/aromatic N) is 3. The Morgan fingerprint density at radius 2 is 2.00 bits per heavy atom. The summed E-state index contributed by atoms with van der Waals surface area (Å²) in [5, 5.41) is 3.99.